The van der Waals surface area contributed by atoms with Crippen LogP contribution in [0.4, 0.5) is 11.4 Å². The summed E-state index contributed by atoms with van der Waals surface area (Å²) in [5.41, 5.74) is 3.19. The van der Waals surface area contributed by atoms with Gasteiger partial charge in [-0.3, -0.25) is 4.72 Å². The van der Waals surface area contributed by atoms with E-state index >= 15 is 0 Å². The molecule has 0 spiro atoms. The van der Waals surface area contributed by atoms with Gasteiger partial charge in [-0.25, -0.2) is 8.42 Å². The third-order valence-corrected chi connectivity index (χ3v) is 5.32. The maximum atomic E-state index is 12.6. The van der Waals surface area contributed by atoms with Crippen LogP contribution in [0, 0.1) is 13.8 Å². The van der Waals surface area contributed by atoms with Gasteiger partial charge in [-0.05, 0) is 68.7 Å². The Morgan fingerprint density at radius 1 is 1.00 bits per heavy atom. The summed E-state index contributed by atoms with van der Waals surface area (Å²) < 4.78 is 27.8. The molecule has 0 aromatic heterocycles. The minimum Gasteiger partial charge on any atom is -0.383 e. The summed E-state index contributed by atoms with van der Waals surface area (Å²) in [5.74, 6) is 0. The first-order valence-electron chi connectivity index (χ1n) is 7.78. The van der Waals surface area contributed by atoms with E-state index in [-0.39, 0.29) is 0 Å². The zero-order chi connectivity index (χ0) is 17.0. The van der Waals surface area contributed by atoms with Crippen LogP contribution >= 0.6 is 0 Å². The van der Waals surface area contributed by atoms with Gasteiger partial charge in [0.05, 0.1) is 4.90 Å². The molecule has 0 radical (unpaired) electrons. The second-order valence-corrected chi connectivity index (χ2v) is 7.56. The maximum Gasteiger partial charge on any atom is 0.262 e. The Labute approximate surface area is 139 Å². The topological polar surface area (TPSA) is 58.2 Å². The van der Waals surface area contributed by atoms with Crippen molar-refractivity contribution in [2.45, 2.75) is 45.1 Å². The third kappa shape index (κ3) is 4.48. The second-order valence-electron chi connectivity index (χ2n) is 5.91. The molecule has 0 bridgehead atoms. The van der Waals surface area contributed by atoms with E-state index in [4.69, 9.17) is 0 Å². The van der Waals surface area contributed by atoms with Gasteiger partial charge in [-0.15, -0.1) is 0 Å². The molecule has 4 nitrogen and oxygen atoms in total. The molecule has 1 atom stereocenters. The third-order valence-electron chi connectivity index (χ3n) is 3.80. The van der Waals surface area contributed by atoms with Crippen LogP contribution in [0.3, 0.4) is 0 Å². The smallest absolute Gasteiger partial charge is 0.262 e. The van der Waals surface area contributed by atoms with Crippen molar-refractivity contribution >= 4 is 21.4 Å². The van der Waals surface area contributed by atoms with E-state index in [1.165, 1.54) is 0 Å². The number of aryl methyl sites for hydroxylation is 2. The number of anilines is 2. The van der Waals surface area contributed by atoms with Crippen LogP contribution in [-0.2, 0) is 10.0 Å². The Balaban J connectivity index is 2.19. The van der Waals surface area contributed by atoms with Crippen molar-refractivity contribution in [3.05, 3.63) is 53.6 Å². The van der Waals surface area contributed by atoms with Crippen LogP contribution in [0.25, 0.3) is 0 Å². The number of hydrogen-bond donors (Lipinski definition) is 2. The van der Waals surface area contributed by atoms with Crippen LogP contribution in [0.15, 0.2) is 47.4 Å². The molecule has 2 aromatic carbocycles. The van der Waals surface area contributed by atoms with Gasteiger partial charge in [0.2, 0.25) is 0 Å². The normalized spacial score (nSPS) is 12.7. The highest BCUT2D eigenvalue weighted by molar-refractivity contribution is 7.92. The van der Waals surface area contributed by atoms with E-state index in [9.17, 15) is 8.42 Å². The molecule has 5 heteroatoms. The van der Waals surface area contributed by atoms with Crippen molar-refractivity contribution in [2.24, 2.45) is 0 Å². The summed E-state index contributed by atoms with van der Waals surface area (Å²) in [5, 5.41) is 3.35. The van der Waals surface area contributed by atoms with Gasteiger partial charge in [-0.1, -0.05) is 19.1 Å². The molecule has 124 valence electrons. The van der Waals surface area contributed by atoms with E-state index in [1.807, 2.05) is 31.2 Å². The van der Waals surface area contributed by atoms with Crippen LogP contribution in [0.5, 0.6) is 0 Å². The molecule has 0 aliphatic carbocycles. The zero-order valence-corrected chi connectivity index (χ0v) is 14.9. The Morgan fingerprint density at radius 3 is 2.22 bits per heavy atom. The van der Waals surface area contributed by atoms with Crippen LogP contribution in [-0.4, -0.2) is 14.5 Å². The quantitative estimate of drug-likeness (QED) is 0.828. The standard InChI is InChI=1S/C18H24N2O2S/c1-5-15(4)19-16-8-10-17(11-9-16)20-23(21,22)18-12-13(2)6-7-14(18)3/h6-12,15,19-20H,5H2,1-4H3. The predicted molar refractivity (Wildman–Crippen MR) is 96.5 cm³/mol. The Bertz CT molecular complexity index is 768. The first-order chi connectivity index (χ1) is 10.8. The average molecular weight is 332 g/mol. The van der Waals surface area contributed by atoms with Crippen molar-refractivity contribution in [3.63, 3.8) is 0 Å². The fourth-order valence-electron chi connectivity index (χ4n) is 2.23. The van der Waals surface area contributed by atoms with Crippen LogP contribution < -0.4 is 10.0 Å². The van der Waals surface area contributed by atoms with Crippen molar-refractivity contribution in [1.29, 1.82) is 0 Å². The summed E-state index contributed by atoms with van der Waals surface area (Å²) >= 11 is 0. The van der Waals surface area contributed by atoms with Crippen molar-refractivity contribution in [1.82, 2.24) is 0 Å². The summed E-state index contributed by atoms with van der Waals surface area (Å²) in [6.07, 6.45) is 1.03. The molecule has 0 fully saturated rings. The number of hydrogen-bond acceptors (Lipinski definition) is 3. The SMILES string of the molecule is CCC(C)Nc1ccc(NS(=O)(=O)c2cc(C)ccc2C)cc1. The molecule has 23 heavy (non-hydrogen) atoms. The number of rotatable bonds is 6. The maximum absolute atomic E-state index is 12.6. The van der Waals surface area contributed by atoms with Gasteiger partial charge in [-0.2, -0.15) is 0 Å². The molecular weight excluding hydrogens is 308 g/mol. The van der Waals surface area contributed by atoms with E-state index < -0.39 is 10.0 Å². The van der Waals surface area contributed by atoms with E-state index in [0.717, 1.165) is 23.2 Å². The molecule has 2 N–H and O–H groups in total. The van der Waals surface area contributed by atoms with Gasteiger partial charge in [0.15, 0.2) is 0 Å². The Hall–Kier alpha value is -2.01. The predicted octanol–water partition coefficient (Wildman–Crippen LogP) is 4.31. The van der Waals surface area contributed by atoms with Gasteiger partial charge < -0.3 is 5.32 Å². The second kappa shape index (κ2) is 7.04. The average Bonchev–Trinajstić information content (AvgIpc) is 2.51. The molecule has 2 rings (SSSR count). The molecular formula is C18H24N2O2S. The molecule has 1 unspecified atom stereocenters. The lowest BCUT2D eigenvalue weighted by Crippen LogP contribution is -2.15. The van der Waals surface area contributed by atoms with E-state index in [0.29, 0.717) is 16.6 Å². The van der Waals surface area contributed by atoms with E-state index in [2.05, 4.69) is 23.9 Å². The lowest BCUT2D eigenvalue weighted by Gasteiger charge is -2.14. The highest BCUT2D eigenvalue weighted by Gasteiger charge is 2.17. The highest BCUT2D eigenvalue weighted by atomic mass is 32.2. The lowest BCUT2D eigenvalue weighted by molar-refractivity contribution is 0.600. The first kappa shape index (κ1) is 17.3. The molecule has 2 aromatic rings. The lowest BCUT2D eigenvalue weighted by atomic mass is 10.2. The Morgan fingerprint density at radius 2 is 1.61 bits per heavy atom. The van der Waals surface area contributed by atoms with Gasteiger partial charge in [0.1, 0.15) is 0 Å². The number of sulfonamides is 1. The van der Waals surface area contributed by atoms with Crippen LogP contribution in [0.1, 0.15) is 31.4 Å². The summed E-state index contributed by atoms with van der Waals surface area (Å²) in [7, 11) is -3.58. The first-order valence-corrected chi connectivity index (χ1v) is 9.27. The minimum absolute atomic E-state index is 0.319. The van der Waals surface area contributed by atoms with Crippen molar-refractivity contribution in [3.8, 4) is 0 Å². The largest absolute Gasteiger partial charge is 0.383 e. The summed E-state index contributed by atoms with van der Waals surface area (Å²) in [6, 6.07) is 13.1. The monoisotopic (exact) mass is 332 g/mol. The molecule has 0 saturated heterocycles. The van der Waals surface area contributed by atoms with Crippen molar-refractivity contribution in [2.75, 3.05) is 10.0 Å². The zero-order valence-electron chi connectivity index (χ0n) is 14.1. The van der Waals surface area contributed by atoms with Gasteiger partial charge in [0, 0.05) is 17.4 Å². The molecule has 0 saturated carbocycles. The van der Waals surface area contributed by atoms with Crippen LogP contribution in [0.2, 0.25) is 0 Å². The molecule has 0 amide bonds. The van der Waals surface area contributed by atoms with Gasteiger partial charge >= 0.3 is 0 Å². The number of benzene rings is 2. The fraction of sp³-hybridized carbons (Fsp3) is 0.333. The summed E-state index contributed by atoms with van der Waals surface area (Å²) in [6.45, 7) is 7.91. The molecule has 0 heterocycles. The minimum atomic E-state index is -3.58. The molecule has 0 aliphatic heterocycles. The highest BCUT2D eigenvalue weighted by Crippen LogP contribution is 2.22. The number of nitrogens with one attached hydrogen (secondary N) is 2. The van der Waals surface area contributed by atoms with E-state index in [1.54, 1.807) is 25.1 Å². The van der Waals surface area contributed by atoms with Gasteiger partial charge in [0.25, 0.3) is 10.0 Å². The summed E-state index contributed by atoms with van der Waals surface area (Å²) in [4.78, 5) is 0.319. The molecule has 0 aliphatic rings. The Kier molecular flexibility index (Phi) is 5.31. The van der Waals surface area contributed by atoms with Crippen molar-refractivity contribution < 1.29 is 8.42 Å². The fourth-order valence-corrected chi connectivity index (χ4v) is 3.62.